The molecule has 2 aromatic heterocycles. The second-order valence-corrected chi connectivity index (χ2v) is 10.9. The van der Waals surface area contributed by atoms with Crippen molar-refractivity contribution in [2.75, 3.05) is 27.2 Å². The predicted octanol–water partition coefficient (Wildman–Crippen LogP) is 0.625. The number of aliphatic hydroxyl groups is 1. The zero-order chi connectivity index (χ0) is 20.6. The summed E-state index contributed by atoms with van der Waals surface area (Å²) in [4.78, 5) is 14.5. The molecular formula is C22H30BrNO4S2. The van der Waals surface area contributed by atoms with Gasteiger partial charge in [-0.1, -0.05) is 12.1 Å². The van der Waals surface area contributed by atoms with E-state index in [1.165, 1.54) is 22.7 Å². The van der Waals surface area contributed by atoms with Crippen LogP contribution < -0.4 is 17.0 Å². The van der Waals surface area contributed by atoms with Gasteiger partial charge >= 0.3 is 5.97 Å². The molecule has 4 heterocycles. The topological polar surface area (TPSA) is 59.1 Å². The zero-order valence-electron chi connectivity index (χ0n) is 17.6. The highest BCUT2D eigenvalue weighted by Crippen LogP contribution is 2.39. The van der Waals surface area contributed by atoms with Gasteiger partial charge in [0.2, 0.25) is 5.60 Å². The third-order valence-corrected chi connectivity index (χ3v) is 8.09. The van der Waals surface area contributed by atoms with Crippen LogP contribution in [-0.4, -0.2) is 61.1 Å². The summed E-state index contributed by atoms with van der Waals surface area (Å²) in [5.74, 6) is -0.208. The molecule has 30 heavy (non-hydrogen) atoms. The molecule has 0 amide bonds. The summed E-state index contributed by atoms with van der Waals surface area (Å²) in [5, 5.41) is 15.2. The molecular weight excluding hydrogens is 486 g/mol. The minimum Gasteiger partial charge on any atom is -1.00 e. The summed E-state index contributed by atoms with van der Waals surface area (Å²) in [6, 6.07) is 7.30. The van der Waals surface area contributed by atoms with Gasteiger partial charge in [0.05, 0.1) is 49.1 Å². The molecule has 0 aliphatic carbocycles. The molecule has 1 N–H and O–H groups in total. The highest BCUT2D eigenvalue weighted by molar-refractivity contribution is 7.12. The van der Waals surface area contributed by atoms with Crippen LogP contribution in [0.25, 0.3) is 0 Å². The fourth-order valence-electron chi connectivity index (χ4n) is 4.57. The second-order valence-electron chi connectivity index (χ2n) is 8.98. The van der Waals surface area contributed by atoms with Crippen molar-refractivity contribution in [1.29, 1.82) is 0 Å². The molecule has 8 heteroatoms. The number of epoxide rings is 1. The summed E-state index contributed by atoms with van der Waals surface area (Å²) in [7, 11) is 4.53. The van der Waals surface area contributed by atoms with Crippen molar-refractivity contribution >= 4 is 28.6 Å². The van der Waals surface area contributed by atoms with Gasteiger partial charge in [-0.15, -0.1) is 22.7 Å². The van der Waals surface area contributed by atoms with Crippen LogP contribution in [0.1, 0.15) is 35.9 Å². The quantitative estimate of drug-likeness (QED) is 0.360. The Morgan fingerprint density at radius 3 is 2.33 bits per heavy atom. The minimum absolute atomic E-state index is 0. The van der Waals surface area contributed by atoms with Gasteiger partial charge in [0.25, 0.3) is 0 Å². The fourth-order valence-corrected chi connectivity index (χ4v) is 6.29. The van der Waals surface area contributed by atoms with E-state index in [9.17, 15) is 9.90 Å². The molecule has 2 aliphatic heterocycles. The Bertz CT molecular complexity index is 790. The molecule has 4 unspecified atom stereocenters. The van der Waals surface area contributed by atoms with E-state index in [2.05, 4.69) is 21.0 Å². The van der Waals surface area contributed by atoms with Crippen molar-refractivity contribution in [1.82, 2.24) is 0 Å². The van der Waals surface area contributed by atoms with Gasteiger partial charge in [-0.3, -0.25) is 0 Å². The molecule has 0 radical (unpaired) electrons. The lowest BCUT2D eigenvalue weighted by Gasteiger charge is -2.37. The molecule has 2 aromatic rings. The lowest BCUT2D eigenvalue weighted by Crippen LogP contribution is -3.00. The van der Waals surface area contributed by atoms with Crippen LogP contribution in [0.2, 0.25) is 0 Å². The van der Waals surface area contributed by atoms with Crippen molar-refractivity contribution in [3.05, 3.63) is 44.8 Å². The molecule has 0 saturated carbocycles. The predicted molar refractivity (Wildman–Crippen MR) is 115 cm³/mol. The largest absolute Gasteiger partial charge is 1.00 e. The van der Waals surface area contributed by atoms with Crippen LogP contribution in [0.15, 0.2) is 35.0 Å². The number of hydrogen-bond acceptors (Lipinski definition) is 6. The van der Waals surface area contributed by atoms with Gasteiger partial charge in [-0.2, -0.15) is 0 Å². The molecule has 2 saturated heterocycles. The van der Waals surface area contributed by atoms with Crippen LogP contribution in [0, 0.1) is 5.92 Å². The maximum Gasteiger partial charge on any atom is 0.349 e. The molecule has 2 fully saturated rings. The molecule has 4 rings (SSSR count). The van der Waals surface area contributed by atoms with E-state index in [1.807, 2.05) is 22.9 Å². The van der Waals surface area contributed by atoms with Crippen LogP contribution >= 0.6 is 22.7 Å². The van der Waals surface area contributed by atoms with Crippen molar-refractivity contribution in [3.8, 4) is 0 Å². The number of likely N-dealkylation sites (tertiary alicyclic amines) is 1. The number of carbonyl (C=O) groups excluding carboxylic acids is 1. The monoisotopic (exact) mass is 515 g/mol. The van der Waals surface area contributed by atoms with E-state index in [-0.39, 0.29) is 35.3 Å². The van der Waals surface area contributed by atoms with E-state index in [4.69, 9.17) is 9.47 Å². The molecule has 0 spiro atoms. The second kappa shape index (κ2) is 9.38. The first-order chi connectivity index (χ1) is 13.8. The van der Waals surface area contributed by atoms with E-state index >= 15 is 0 Å². The Kier molecular flexibility index (Phi) is 7.47. The number of thiophene rings is 2. The number of quaternary nitrogens is 1. The van der Waals surface area contributed by atoms with Crippen molar-refractivity contribution in [2.45, 2.75) is 50.1 Å². The molecule has 0 bridgehead atoms. The summed E-state index contributed by atoms with van der Waals surface area (Å²) < 4.78 is 12.8. The first-order valence-corrected chi connectivity index (χ1v) is 12.0. The number of hydrogen-bond donors (Lipinski definition) is 1. The van der Waals surface area contributed by atoms with Crippen LogP contribution in [0.5, 0.6) is 0 Å². The van der Waals surface area contributed by atoms with Gasteiger partial charge in [0, 0.05) is 12.3 Å². The summed E-state index contributed by atoms with van der Waals surface area (Å²) in [6.07, 6.45) is 2.93. The number of carbonyl (C=O) groups is 1. The molecule has 166 valence electrons. The summed E-state index contributed by atoms with van der Waals surface area (Å²) >= 11 is 2.75. The summed E-state index contributed by atoms with van der Waals surface area (Å²) in [5.41, 5.74) is -1.74. The summed E-state index contributed by atoms with van der Waals surface area (Å²) in [6.45, 7) is 4.17. The SMILES string of the molecule is CC1OC1C1CC(OC(=O)C(O)(c2cccs2)c2cccs2)CCC[N+](C)(C)C1.[Br-]. The van der Waals surface area contributed by atoms with E-state index in [0.717, 1.165) is 36.8 Å². The number of nitrogens with zero attached hydrogens (tertiary/aromatic N) is 1. The molecule has 2 aliphatic rings. The highest BCUT2D eigenvalue weighted by Gasteiger charge is 2.48. The first-order valence-electron chi connectivity index (χ1n) is 10.3. The van der Waals surface area contributed by atoms with Crippen molar-refractivity contribution < 1.29 is 40.8 Å². The Labute approximate surface area is 197 Å². The standard InChI is InChI=1S/C22H30NO4S2.BrH/c1-15-20(26-15)16-13-17(7-4-10-23(2,3)14-16)27-21(24)22(25,18-8-5-11-28-18)19-9-6-12-29-19;/h5-6,8-9,11-12,15-17,20,25H,4,7,10,13-14H2,1-3H3;1H/q+1;/p-1. The van der Waals surface area contributed by atoms with Crippen molar-refractivity contribution in [3.63, 3.8) is 0 Å². The number of ether oxygens (including phenoxy) is 2. The van der Waals surface area contributed by atoms with Crippen LogP contribution in [-0.2, 0) is 19.9 Å². The average Bonchev–Trinajstić information content (AvgIpc) is 3.13. The van der Waals surface area contributed by atoms with Gasteiger partial charge in [-0.05, 0) is 42.7 Å². The maximum atomic E-state index is 13.3. The van der Waals surface area contributed by atoms with Gasteiger partial charge < -0.3 is 36.0 Å². The Morgan fingerprint density at radius 2 is 1.83 bits per heavy atom. The highest BCUT2D eigenvalue weighted by atomic mass is 79.9. The van der Waals surface area contributed by atoms with E-state index in [0.29, 0.717) is 15.7 Å². The third kappa shape index (κ3) is 5.00. The Balaban J connectivity index is 0.00000256. The van der Waals surface area contributed by atoms with Crippen LogP contribution in [0.4, 0.5) is 0 Å². The van der Waals surface area contributed by atoms with Crippen LogP contribution in [0.3, 0.4) is 0 Å². The average molecular weight is 517 g/mol. The maximum absolute atomic E-state index is 13.3. The van der Waals surface area contributed by atoms with Crippen molar-refractivity contribution in [2.24, 2.45) is 5.92 Å². The lowest BCUT2D eigenvalue weighted by atomic mass is 9.90. The first kappa shape index (κ1) is 23.9. The van der Waals surface area contributed by atoms with E-state index in [1.54, 1.807) is 12.1 Å². The molecule has 0 aromatic carbocycles. The third-order valence-electron chi connectivity index (χ3n) is 6.13. The normalized spacial score (nSPS) is 28.7. The Morgan fingerprint density at radius 1 is 1.23 bits per heavy atom. The Hall–Kier alpha value is -0.770. The minimum atomic E-state index is -1.74. The fraction of sp³-hybridized carbons (Fsp3) is 0.591. The number of halogens is 1. The smallest absolute Gasteiger partial charge is 0.349 e. The van der Waals surface area contributed by atoms with E-state index < -0.39 is 11.6 Å². The molecule has 5 nitrogen and oxygen atoms in total. The lowest BCUT2D eigenvalue weighted by molar-refractivity contribution is -0.894. The van der Waals surface area contributed by atoms with Gasteiger partial charge in [0.1, 0.15) is 6.10 Å². The number of esters is 1. The van der Waals surface area contributed by atoms with Gasteiger partial charge in [-0.25, -0.2) is 4.79 Å². The molecule has 4 atom stereocenters. The van der Waals surface area contributed by atoms with Gasteiger partial charge in [0.15, 0.2) is 0 Å². The zero-order valence-corrected chi connectivity index (χ0v) is 20.8. The number of rotatable bonds is 5.